The van der Waals surface area contributed by atoms with E-state index in [0.717, 1.165) is 36.4 Å². The Morgan fingerprint density at radius 2 is 2.19 bits per heavy atom. The van der Waals surface area contributed by atoms with Crippen LogP contribution in [0.15, 0.2) is 58.7 Å². The Hall–Kier alpha value is -2.93. The molecule has 0 N–H and O–H groups in total. The summed E-state index contributed by atoms with van der Waals surface area (Å²) < 4.78 is 7.11. The summed E-state index contributed by atoms with van der Waals surface area (Å²) in [6.07, 6.45) is 5.47. The zero-order valence-corrected chi connectivity index (χ0v) is 15.4. The van der Waals surface area contributed by atoms with E-state index in [1.165, 1.54) is 11.1 Å². The Kier molecular flexibility index (Phi) is 4.01. The average molecular weight is 378 g/mol. The Balaban J connectivity index is 1.40. The van der Waals surface area contributed by atoms with Gasteiger partial charge in [0.2, 0.25) is 0 Å². The summed E-state index contributed by atoms with van der Waals surface area (Å²) >= 11 is 1.71. The third-order valence-corrected chi connectivity index (χ3v) is 5.88. The zero-order chi connectivity index (χ0) is 18.2. The SMILES string of the molecule is O=C(c1ccco1)N1CCC[C@@H](c2nc3ccc(-c4cccs4)cn3n2)C1. The van der Waals surface area contributed by atoms with E-state index in [1.807, 2.05) is 27.7 Å². The maximum absolute atomic E-state index is 12.6. The van der Waals surface area contributed by atoms with Crippen LogP contribution in [0, 0.1) is 0 Å². The summed E-state index contributed by atoms with van der Waals surface area (Å²) in [5.74, 6) is 1.27. The highest BCUT2D eigenvalue weighted by molar-refractivity contribution is 7.13. The standard InChI is InChI=1S/C20H18N4O2S/c25-20(16-5-2-10-26-16)23-9-1-4-15(12-23)19-21-18-8-7-14(13-24(18)22-19)17-6-3-11-27-17/h2-3,5-8,10-11,13,15H,1,4,9,12H2/t15-/m1/s1. The molecule has 4 aromatic heterocycles. The lowest BCUT2D eigenvalue weighted by atomic mass is 9.97. The molecular weight excluding hydrogens is 360 g/mol. The molecule has 1 aliphatic heterocycles. The molecule has 1 fully saturated rings. The van der Waals surface area contributed by atoms with Crippen molar-refractivity contribution in [2.45, 2.75) is 18.8 Å². The number of piperidine rings is 1. The van der Waals surface area contributed by atoms with Gasteiger partial charge in [-0.15, -0.1) is 11.3 Å². The molecular formula is C20H18N4O2S. The molecule has 0 aromatic carbocycles. The first-order chi connectivity index (χ1) is 13.3. The van der Waals surface area contributed by atoms with Gasteiger partial charge in [0.15, 0.2) is 17.2 Å². The molecule has 1 saturated heterocycles. The average Bonchev–Trinajstić information content (AvgIpc) is 3.48. The molecule has 0 bridgehead atoms. The minimum atomic E-state index is -0.0616. The molecule has 5 heterocycles. The number of hydrogen-bond donors (Lipinski definition) is 0. The normalized spacial score (nSPS) is 17.5. The smallest absolute Gasteiger partial charge is 0.289 e. The van der Waals surface area contributed by atoms with Gasteiger partial charge in [0.25, 0.3) is 5.91 Å². The highest BCUT2D eigenvalue weighted by Gasteiger charge is 2.29. The summed E-state index contributed by atoms with van der Waals surface area (Å²) in [6.45, 7) is 1.36. The number of hydrogen-bond acceptors (Lipinski definition) is 5. The van der Waals surface area contributed by atoms with Crippen LogP contribution in [0.1, 0.15) is 35.1 Å². The van der Waals surface area contributed by atoms with Crippen LogP contribution in [-0.2, 0) is 0 Å². The molecule has 0 spiro atoms. The number of thiophene rings is 1. The second-order valence-electron chi connectivity index (χ2n) is 6.74. The monoisotopic (exact) mass is 378 g/mol. The van der Waals surface area contributed by atoms with Crippen molar-refractivity contribution < 1.29 is 9.21 Å². The highest BCUT2D eigenvalue weighted by atomic mass is 32.1. The lowest BCUT2D eigenvalue weighted by Gasteiger charge is -2.30. The van der Waals surface area contributed by atoms with Gasteiger partial charge in [0.1, 0.15) is 0 Å². The van der Waals surface area contributed by atoms with Crippen LogP contribution < -0.4 is 0 Å². The third kappa shape index (κ3) is 3.04. The number of furan rings is 1. The number of amides is 1. The van der Waals surface area contributed by atoms with Crippen LogP contribution in [0.3, 0.4) is 0 Å². The number of aromatic nitrogens is 3. The van der Waals surface area contributed by atoms with Gasteiger partial charge >= 0.3 is 0 Å². The molecule has 1 aliphatic rings. The molecule has 6 nitrogen and oxygen atoms in total. The van der Waals surface area contributed by atoms with Crippen LogP contribution in [0.2, 0.25) is 0 Å². The number of carbonyl (C=O) groups excluding carboxylic acids is 1. The molecule has 4 aromatic rings. The first-order valence-electron chi connectivity index (χ1n) is 9.01. The van der Waals surface area contributed by atoms with E-state index in [1.54, 1.807) is 23.5 Å². The molecule has 0 radical (unpaired) electrons. The second kappa shape index (κ2) is 6.66. The first-order valence-corrected chi connectivity index (χ1v) is 9.89. The van der Waals surface area contributed by atoms with Crippen molar-refractivity contribution in [3.05, 3.63) is 65.8 Å². The minimum Gasteiger partial charge on any atom is -0.459 e. The van der Waals surface area contributed by atoms with Crippen LogP contribution in [0.4, 0.5) is 0 Å². The Morgan fingerprint density at radius 1 is 1.22 bits per heavy atom. The number of carbonyl (C=O) groups is 1. The summed E-state index contributed by atoms with van der Waals surface area (Å²) in [7, 11) is 0. The molecule has 7 heteroatoms. The van der Waals surface area contributed by atoms with Gasteiger partial charge in [0.05, 0.1) is 6.26 Å². The highest BCUT2D eigenvalue weighted by Crippen LogP contribution is 2.28. The molecule has 1 atom stereocenters. The summed E-state index contributed by atoms with van der Waals surface area (Å²) in [6, 6.07) is 11.7. The number of pyridine rings is 1. The van der Waals surface area contributed by atoms with E-state index in [0.29, 0.717) is 12.3 Å². The zero-order valence-electron chi connectivity index (χ0n) is 14.6. The number of likely N-dealkylation sites (tertiary alicyclic amines) is 1. The topological polar surface area (TPSA) is 63.6 Å². The molecule has 0 saturated carbocycles. The predicted molar refractivity (Wildman–Crippen MR) is 103 cm³/mol. The molecule has 1 amide bonds. The lowest BCUT2D eigenvalue weighted by Crippen LogP contribution is -2.39. The molecule has 136 valence electrons. The third-order valence-electron chi connectivity index (χ3n) is 4.96. The van der Waals surface area contributed by atoms with Gasteiger partial charge in [-0.25, -0.2) is 9.50 Å². The van der Waals surface area contributed by atoms with Gasteiger partial charge in [-0.1, -0.05) is 6.07 Å². The van der Waals surface area contributed by atoms with Gasteiger partial charge in [-0.05, 0) is 48.6 Å². The summed E-state index contributed by atoms with van der Waals surface area (Å²) in [5, 5.41) is 6.78. The maximum atomic E-state index is 12.6. The van der Waals surface area contributed by atoms with E-state index in [2.05, 4.69) is 17.5 Å². The summed E-state index contributed by atoms with van der Waals surface area (Å²) in [4.78, 5) is 20.3. The van der Waals surface area contributed by atoms with Gasteiger partial charge < -0.3 is 9.32 Å². The summed E-state index contributed by atoms with van der Waals surface area (Å²) in [5.41, 5.74) is 1.96. The maximum Gasteiger partial charge on any atom is 0.289 e. The van der Waals surface area contributed by atoms with Crippen molar-refractivity contribution in [3.8, 4) is 10.4 Å². The fraction of sp³-hybridized carbons (Fsp3) is 0.250. The van der Waals surface area contributed by atoms with Crippen LogP contribution in [0.25, 0.3) is 16.1 Å². The number of rotatable bonds is 3. The molecule has 0 unspecified atom stereocenters. The minimum absolute atomic E-state index is 0.0616. The van der Waals surface area contributed by atoms with E-state index < -0.39 is 0 Å². The lowest BCUT2D eigenvalue weighted by molar-refractivity contribution is 0.0672. The van der Waals surface area contributed by atoms with Gasteiger partial charge in [-0.3, -0.25) is 4.79 Å². The van der Waals surface area contributed by atoms with Crippen LogP contribution in [0.5, 0.6) is 0 Å². The van der Waals surface area contributed by atoms with Gasteiger partial charge in [0, 0.05) is 35.6 Å². The number of fused-ring (bicyclic) bond motifs is 1. The fourth-order valence-corrected chi connectivity index (χ4v) is 4.31. The van der Waals surface area contributed by atoms with Gasteiger partial charge in [-0.2, -0.15) is 5.10 Å². The van der Waals surface area contributed by atoms with Crippen LogP contribution in [-0.4, -0.2) is 38.5 Å². The Labute approximate surface area is 160 Å². The molecule has 27 heavy (non-hydrogen) atoms. The second-order valence-corrected chi connectivity index (χ2v) is 7.68. The molecule has 5 rings (SSSR count). The Bertz CT molecular complexity index is 1070. The number of nitrogens with zero attached hydrogens (tertiary/aromatic N) is 4. The fourth-order valence-electron chi connectivity index (χ4n) is 3.59. The predicted octanol–water partition coefficient (Wildman–Crippen LogP) is 4.07. The van der Waals surface area contributed by atoms with E-state index in [9.17, 15) is 4.79 Å². The van der Waals surface area contributed by atoms with E-state index in [-0.39, 0.29) is 11.8 Å². The van der Waals surface area contributed by atoms with Crippen LogP contribution >= 0.6 is 11.3 Å². The van der Waals surface area contributed by atoms with Crippen molar-refractivity contribution in [2.75, 3.05) is 13.1 Å². The quantitative estimate of drug-likeness (QED) is 0.539. The largest absolute Gasteiger partial charge is 0.459 e. The Morgan fingerprint density at radius 3 is 3.00 bits per heavy atom. The van der Waals surface area contributed by atoms with Crippen molar-refractivity contribution in [3.63, 3.8) is 0 Å². The van der Waals surface area contributed by atoms with E-state index in [4.69, 9.17) is 14.5 Å². The first kappa shape index (κ1) is 16.3. The van der Waals surface area contributed by atoms with E-state index >= 15 is 0 Å². The van der Waals surface area contributed by atoms with Crippen molar-refractivity contribution in [2.24, 2.45) is 0 Å². The van der Waals surface area contributed by atoms with Crippen molar-refractivity contribution in [1.29, 1.82) is 0 Å². The molecule has 0 aliphatic carbocycles. The van der Waals surface area contributed by atoms with Crippen molar-refractivity contribution >= 4 is 22.9 Å². The van der Waals surface area contributed by atoms with Crippen molar-refractivity contribution in [1.82, 2.24) is 19.5 Å².